The zero-order valence-corrected chi connectivity index (χ0v) is 14.0. The number of anilines is 2. The number of aromatic amines is 1. The number of H-pyrrole nitrogens is 1. The first-order valence-electron chi connectivity index (χ1n) is 7.44. The maximum Gasteiger partial charge on any atom is 0.222 e. The molecule has 0 unspecified atom stereocenters. The molecule has 0 spiro atoms. The van der Waals surface area contributed by atoms with E-state index in [0.29, 0.717) is 34.1 Å². The van der Waals surface area contributed by atoms with E-state index in [1.807, 2.05) is 25.1 Å². The summed E-state index contributed by atoms with van der Waals surface area (Å²) in [6.45, 7) is 2.43. The van der Waals surface area contributed by atoms with Crippen molar-refractivity contribution in [3.05, 3.63) is 40.5 Å². The molecular weight excluding hydrogens is 342 g/mol. The van der Waals surface area contributed by atoms with Crippen LogP contribution in [0, 0.1) is 6.92 Å². The summed E-state index contributed by atoms with van der Waals surface area (Å²) in [5, 5.41) is 15.5. The van der Waals surface area contributed by atoms with Gasteiger partial charge in [-0.05, 0) is 24.1 Å². The van der Waals surface area contributed by atoms with E-state index in [-0.39, 0.29) is 5.95 Å². The van der Waals surface area contributed by atoms with E-state index in [0.717, 1.165) is 16.8 Å². The van der Waals surface area contributed by atoms with Crippen LogP contribution in [-0.4, -0.2) is 35.2 Å². The lowest BCUT2D eigenvalue weighted by atomic mass is 10.1. The molecular formula is C15H14ClN9. The van der Waals surface area contributed by atoms with Crippen LogP contribution in [0.2, 0.25) is 5.02 Å². The van der Waals surface area contributed by atoms with Crippen LogP contribution in [0.4, 0.5) is 11.6 Å². The number of nitrogen functional groups attached to an aromatic ring is 2. The second-order valence-corrected chi connectivity index (χ2v) is 6.04. The normalized spacial score (nSPS) is 11.3. The number of aromatic nitrogens is 7. The number of hydrogen-bond acceptors (Lipinski definition) is 7. The number of fused-ring (bicyclic) bond motifs is 1. The minimum atomic E-state index is 0.102. The molecule has 0 fully saturated rings. The third kappa shape index (κ3) is 2.64. The van der Waals surface area contributed by atoms with Gasteiger partial charge in [-0.1, -0.05) is 28.9 Å². The smallest absolute Gasteiger partial charge is 0.222 e. The van der Waals surface area contributed by atoms with E-state index in [4.69, 9.17) is 23.1 Å². The van der Waals surface area contributed by atoms with Gasteiger partial charge >= 0.3 is 0 Å². The molecule has 4 rings (SSSR count). The van der Waals surface area contributed by atoms with Crippen molar-refractivity contribution in [3.63, 3.8) is 0 Å². The summed E-state index contributed by atoms with van der Waals surface area (Å²) in [7, 11) is 0. The summed E-state index contributed by atoms with van der Waals surface area (Å²) < 4.78 is 1.66. The number of nitrogens with one attached hydrogen (secondary N) is 1. The van der Waals surface area contributed by atoms with E-state index < -0.39 is 0 Å². The van der Waals surface area contributed by atoms with Crippen molar-refractivity contribution in [2.75, 3.05) is 11.5 Å². The Hall–Kier alpha value is -3.20. The molecule has 0 amide bonds. The fourth-order valence-corrected chi connectivity index (χ4v) is 2.78. The van der Waals surface area contributed by atoms with E-state index in [9.17, 15) is 0 Å². The van der Waals surface area contributed by atoms with Crippen LogP contribution in [0.3, 0.4) is 0 Å². The number of aryl methyl sites for hydroxylation is 1. The molecule has 0 saturated carbocycles. The standard InChI is InChI=1S/C15H14ClN9/c1-7-4-8(2-3-10(7)17)6-25-14-13(23-24-25)12(20-15(18)21-14)11-9(16)5-19-22-11/h2-5H,6,17H2,1H3,(H,19,22)(H2,18,20,21). The lowest BCUT2D eigenvalue weighted by Gasteiger charge is -2.06. The van der Waals surface area contributed by atoms with Crippen LogP contribution in [0.5, 0.6) is 0 Å². The quantitative estimate of drug-likeness (QED) is 0.476. The summed E-state index contributed by atoms with van der Waals surface area (Å²) in [6, 6.07) is 5.80. The van der Waals surface area contributed by atoms with Gasteiger partial charge in [0.15, 0.2) is 11.2 Å². The van der Waals surface area contributed by atoms with Crippen molar-refractivity contribution in [1.82, 2.24) is 35.2 Å². The van der Waals surface area contributed by atoms with Gasteiger partial charge in [-0.3, -0.25) is 5.10 Å². The van der Waals surface area contributed by atoms with E-state index in [1.165, 1.54) is 6.20 Å². The maximum atomic E-state index is 6.13. The summed E-state index contributed by atoms with van der Waals surface area (Å²) in [5.41, 5.74) is 16.5. The van der Waals surface area contributed by atoms with Crippen molar-refractivity contribution in [3.8, 4) is 11.4 Å². The Labute approximate surface area is 147 Å². The zero-order chi connectivity index (χ0) is 17.6. The van der Waals surface area contributed by atoms with E-state index >= 15 is 0 Å². The highest BCUT2D eigenvalue weighted by molar-refractivity contribution is 6.33. The lowest BCUT2D eigenvalue weighted by Crippen LogP contribution is -2.06. The highest BCUT2D eigenvalue weighted by atomic mass is 35.5. The molecule has 126 valence electrons. The summed E-state index contributed by atoms with van der Waals surface area (Å²) in [5.74, 6) is 0.102. The van der Waals surface area contributed by atoms with E-state index in [1.54, 1.807) is 4.68 Å². The van der Waals surface area contributed by atoms with Gasteiger partial charge in [0, 0.05) is 5.69 Å². The number of benzene rings is 1. The van der Waals surface area contributed by atoms with Crippen molar-refractivity contribution in [1.29, 1.82) is 0 Å². The number of rotatable bonds is 3. The molecule has 0 aliphatic rings. The second-order valence-electron chi connectivity index (χ2n) is 5.63. The zero-order valence-electron chi connectivity index (χ0n) is 13.2. The molecule has 0 aliphatic heterocycles. The number of hydrogen-bond donors (Lipinski definition) is 3. The minimum absolute atomic E-state index is 0.102. The average Bonchev–Trinajstić information content (AvgIpc) is 3.17. The molecule has 3 heterocycles. The molecule has 0 bridgehead atoms. The Kier molecular flexibility index (Phi) is 3.50. The monoisotopic (exact) mass is 355 g/mol. The van der Waals surface area contributed by atoms with Gasteiger partial charge in [0.2, 0.25) is 5.95 Å². The van der Waals surface area contributed by atoms with Gasteiger partial charge in [-0.25, -0.2) is 9.67 Å². The van der Waals surface area contributed by atoms with Crippen molar-refractivity contribution < 1.29 is 0 Å². The molecule has 0 saturated heterocycles. The van der Waals surface area contributed by atoms with E-state index in [2.05, 4.69) is 30.5 Å². The number of halogens is 1. The van der Waals surface area contributed by atoms with Gasteiger partial charge in [-0.15, -0.1) is 5.10 Å². The van der Waals surface area contributed by atoms with Crippen LogP contribution in [-0.2, 0) is 6.54 Å². The number of nitrogens with zero attached hydrogens (tertiary/aromatic N) is 6. The minimum Gasteiger partial charge on any atom is -0.399 e. The van der Waals surface area contributed by atoms with Crippen LogP contribution >= 0.6 is 11.6 Å². The lowest BCUT2D eigenvalue weighted by molar-refractivity contribution is 0.664. The second kappa shape index (κ2) is 5.71. The molecule has 0 aliphatic carbocycles. The average molecular weight is 356 g/mol. The Bertz CT molecular complexity index is 1080. The van der Waals surface area contributed by atoms with Crippen LogP contribution in [0.15, 0.2) is 24.4 Å². The van der Waals surface area contributed by atoms with Gasteiger partial charge in [0.05, 0.1) is 17.8 Å². The SMILES string of the molecule is Cc1cc(Cn2nnc3c(-c4[nH]ncc4Cl)nc(N)nc32)ccc1N. The first-order valence-corrected chi connectivity index (χ1v) is 7.81. The third-order valence-electron chi connectivity index (χ3n) is 3.88. The first-order chi connectivity index (χ1) is 12.0. The van der Waals surface area contributed by atoms with Crippen molar-refractivity contribution in [2.24, 2.45) is 0 Å². The summed E-state index contributed by atoms with van der Waals surface area (Å²) in [6.07, 6.45) is 1.49. The predicted molar refractivity (Wildman–Crippen MR) is 94.8 cm³/mol. The third-order valence-corrected chi connectivity index (χ3v) is 4.16. The van der Waals surface area contributed by atoms with Crippen LogP contribution in [0.25, 0.3) is 22.6 Å². The molecule has 0 radical (unpaired) electrons. The Balaban J connectivity index is 1.83. The molecule has 25 heavy (non-hydrogen) atoms. The van der Waals surface area contributed by atoms with Gasteiger partial charge in [0.25, 0.3) is 0 Å². The Morgan fingerprint density at radius 2 is 2.08 bits per heavy atom. The van der Waals surface area contributed by atoms with Gasteiger partial charge < -0.3 is 11.5 Å². The molecule has 3 aromatic heterocycles. The number of nitrogens with two attached hydrogens (primary N) is 2. The largest absolute Gasteiger partial charge is 0.399 e. The Morgan fingerprint density at radius 1 is 1.24 bits per heavy atom. The molecule has 1 aromatic carbocycles. The molecule has 4 aromatic rings. The van der Waals surface area contributed by atoms with Gasteiger partial charge in [0.1, 0.15) is 11.4 Å². The fourth-order valence-electron chi connectivity index (χ4n) is 2.60. The maximum absolute atomic E-state index is 6.13. The topological polar surface area (TPSA) is 137 Å². The molecule has 5 N–H and O–H groups in total. The van der Waals surface area contributed by atoms with Crippen LogP contribution < -0.4 is 11.5 Å². The Morgan fingerprint density at radius 3 is 2.80 bits per heavy atom. The van der Waals surface area contributed by atoms with Crippen molar-refractivity contribution in [2.45, 2.75) is 13.5 Å². The van der Waals surface area contributed by atoms with Crippen LogP contribution in [0.1, 0.15) is 11.1 Å². The highest BCUT2D eigenvalue weighted by Gasteiger charge is 2.18. The predicted octanol–water partition coefficient (Wildman–Crippen LogP) is 1.79. The fraction of sp³-hybridized carbons (Fsp3) is 0.133. The summed E-state index contributed by atoms with van der Waals surface area (Å²) in [4.78, 5) is 8.50. The molecule has 9 nitrogen and oxygen atoms in total. The molecule has 0 atom stereocenters. The summed E-state index contributed by atoms with van der Waals surface area (Å²) >= 11 is 6.13. The molecule has 10 heteroatoms. The highest BCUT2D eigenvalue weighted by Crippen LogP contribution is 2.29. The first kappa shape index (κ1) is 15.3. The van der Waals surface area contributed by atoms with Crippen molar-refractivity contribution >= 4 is 34.4 Å². The van der Waals surface area contributed by atoms with Gasteiger partial charge in [-0.2, -0.15) is 10.1 Å².